The molecule has 0 radical (unpaired) electrons. The lowest BCUT2D eigenvalue weighted by molar-refractivity contribution is -0.139. The summed E-state index contributed by atoms with van der Waals surface area (Å²) in [7, 11) is 0. The van der Waals surface area contributed by atoms with Crippen LogP contribution in [0.3, 0.4) is 0 Å². The fourth-order valence-corrected chi connectivity index (χ4v) is 2.27. The molecule has 0 aliphatic rings. The number of aromatic nitrogens is 1. The third-order valence-electron chi connectivity index (χ3n) is 3.40. The quantitative estimate of drug-likeness (QED) is 0.849. The van der Waals surface area contributed by atoms with E-state index in [1.165, 1.54) is 0 Å². The topological polar surface area (TPSA) is 83.6 Å². The summed E-state index contributed by atoms with van der Waals surface area (Å²) in [6.07, 6.45) is 0.612. The lowest BCUT2D eigenvalue weighted by Crippen LogP contribution is -2.38. The van der Waals surface area contributed by atoms with Gasteiger partial charge in [0.05, 0.1) is 6.42 Å². The number of aliphatic carboxylic acids is 1. The Kier molecular flexibility index (Phi) is 5.14. The third kappa shape index (κ3) is 4.07. The van der Waals surface area contributed by atoms with Gasteiger partial charge in [-0.2, -0.15) is 0 Å². The highest BCUT2D eigenvalue weighted by molar-refractivity contribution is 5.77. The number of carbonyl (C=O) groups excluding carboxylic acids is 1. The molecule has 0 bridgehead atoms. The third-order valence-corrected chi connectivity index (χ3v) is 3.40. The van der Waals surface area contributed by atoms with Crippen LogP contribution < -0.4 is 0 Å². The van der Waals surface area contributed by atoms with Gasteiger partial charge in [-0.05, 0) is 26.0 Å². The minimum Gasteiger partial charge on any atom is -0.481 e. The van der Waals surface area contributed by atoms with Crippen LogP contribution in [0.25, 0.3) is 11.1 Å². The average molecular weight is 304 g/mol. The van der Waals surface area contributed by atoms with Gasteiger partial charge in [0.2, 0.25) is 5.91 Å². The maximum absolute atomic E-state index is 12.2. The van der Waals surface area contributed by atoms with Gasteiger partial charge in [-0.25, -0.2) is 4.98 Å². The molecule has 118 valence electrons. The smallest absolute Gasteiger partial charge is 0.305 e. The van der Waals surface area contributed by atoms with Gasteiger partial charge in [-0.3, -0.25) is 9.59 Å². The van der Waals surface area contributed by atoms with Crippen LogP contribution in [0.4, 0.5) is 0 Å². The second-order valence-electron chi connectivity index (χ2n) is 5.40. The molecule has 1 N–H and O–H groups in total. The van der Waals surface area contributed by atoms with Gasteiger partial charge in [0.1, 0.15) is 5.52 Å². The molecular formula is C16H20N2O4. The molecule has 6 nitrogen and oxygen atoms in total. The number of nitrogens with zero attached hydrogens (tertiary/aromatic N) is 2. The molecule has 1 heterocycles. The summed E-state index contributed by atoms with van der Waals surface area (Å²) in [6, 6.07) is 7.41. The normalized spacial score (nSPS) is 11.0. The molecule has 0 fully saturated rings. The van der Waals surface area contributed by atoms with E-state index in [4.69, 9.17) is 9.52 Å². The van der Waals surface area contributed by atoms with Crippen molar-refractivity contribution in [3.05, 3.63) is 30.2 Å². The van der Waals surface area contributed by atoms with E-state index in [1.807, 2.05) is 38.1 Å². The molecular weight excluding hydrogens is 284 g/mol. The first-order valence-corrected chi connectivity index (χ1v) is 7.33. The largest absolute Gasteiger partial charge is 0.481 e. The number of carbonyl (C=O) groups is 2. The van der Waals surface area contributed by atoms with E-state index < -0.39 is 5.97 Å². The molecule has 2 aromatic rings. The highest BCUT2D eigenvalue weighted by Gasteiger charge is 2.18. The van der Waals surface area contributed by atoms with Crippen LogP contribution in [0, 0.1) is 0 Å². The maximum atomic E-state index is 12.2. The molecule has 22 heavy (non-hydrogen) atoms. The Bertz CT molecular complexity index is 630. The van der Waals surface area contributed by atoms with Crippen molar-refractivity contribution >= 4 is 23.0 Å². The number of para-hydroxylation sites is 2. The first kappa shape index (κ1) is 16.0. The second-order valence-corrected chi connectivity index (χ2v) is 5.40. The number of carboxylic acid groups (broad SMARTS) is 1. The molecule has 6 heteroatoms. The van der Waals surface area contributed by atoms with Gasteiger partial charge in [0.25, 0.3) is 0 Å². The number of carboxylic acids is 1. The number of fused-ring (bicyclic) bond motifs is 1. The Morgan fingerprint density at radius 2 is 2.00 bits per heavy atom. The minimum absolute atomic E-state index is 0.0320. The number of amides is 1. The molecule has 0 spiro atoms. The molecule has 1 aromatic carbocycles. The molecule has 0 saturated heterocycles. The number of benzene rings is 1. The monoisotopic (exact) mass is 304 g/mol. The van der Waals surface area contributed by atoms with Crippen molar-refractivity contribution in [1.29, 1.82) is 0 Å². The average Bonchev–Trinajstić information content (AvgIpc) is 2.87. The predicted octanol–water partition coefficient (Wildman–Crippen LogP) is 2.47. The summed E-state index contributed by atoms with van der Waals surface area (Å²) in [5.41, 5.74) is 1.48. The van der Waals surface area contributed by atoms with Crippen molar-refractivity contribution in [1.82, 2.24) is 9.88 Å². The van der Waals surface area contributed by atoms with Crippen LogP contribution in [0.1, 0.15) is 32.6 Å². The highest BCUT2D eigenvalue weighted by Crippen LogP contribution is 2.16. The van der Waals surface area contributed by atoms with E-state index >= 15 is 0 Å². The summed E-state index contributed by atoms with van der Waals surface area (Å²) in [5, 5.41) is 8.75. The van der Waals surface area contributed by atoms with E-state index in [0.29, 0.717) is 17.9 Å². The molecule has 0 unspecified atom stereocenters. The van der Waals surface area contributed by atoms with Gasteiger partial charge in [-0.1, -0.05) is 12.1 Å². The predicted molar refractivity (Wildman–Crippen MR) is 81.4 cm³/mol. The van der Waals surface area contributed by atoms with Crippen molar-refractivity contribution < 1.29 is 19.1 Å². The molecule has 0 atom stereocenters. The Morgan fingerprint density at radius 3 is 2.64 bits per heavy atom. The van der Waals surface area contributed by atoms with Crippen LogP contribution in [-0.4, -0.2) is 39.5 Å². The van der Waals surface area contributed by atoms with Crippen molar-refractivity contribution in [3.8, 4) is 0 Å². The first-order chi connectivity index (χ1) is 10.5. The first-order valence-electron chi connectivity index (χ1n) is 7.33. The van der Waals surface area contributed by atoms with Crippen molar-refractivity contribution in [2.75, 3.05) is 6.54 Å². The summed E-state index contributed by atoms with van der Waals surface area (Å²) >= 11 is 0. The maximum Gasteiger partial charge on any atom is 0.305 e. The van der Waals surface area contributed by atoms with Crippen LogP contribution in [0.5, 0.6) is 0 Å². The van der Waals surface area contributed by atoms with Crippen LogP contribution >= 0.6 is 0 Å². The Labute approximate surface area is 128 Å². The fraction of sp³-hybridized carbons (Fsp3) is 0.438. The van der Waals surface area contributed by atoms with Crippen molar-refractivity contribution in [2.24, 2.45) is 0 Å². The highest BCUT2D eigenvalue weighted by atomic mass is 16.4. The molecule has 0 aliphatic heterocycles. The van der Waals surface area contributed by atoms with Crippen molar-refractivity contribution in [2.45, 2.75) is 39.2 Å². The van der Waals surface area contributed by atoms with Crippen molar-refractivity contribution in [3.63, 3.8) is 0 Å². The minimum atomic E-state index is -0.905. The Morgan fingerprint density at radius 1 is 1.27 bits per heavy atom. The summed E-state index contributed by atoms with van der Waals surface area (Å²) < 4.78 is 5.58. The second kappa shape index (κ2) is 7.06. The number of aryl methyl sites for hydroxylation is 1. The zero-order chi connectivity index (χ0) is 16.1. The number of oxazole rings is 1. The molecule has 0 aliphatic carbocycles. The van der Waals surface area contributed by atoms with Crippen LogP contribution in [0.15, 0.2) is 28.7 Å². The SMILES string of the molecule is CC(C)N(CCC(=O)O)C(=O)CCc1nc2ccccc2o1. The van der Waals surface area contributed by atoms with E-state index in [1.54, 1.807) is 4.90 Å². The van der Waals surface area contributed by atoms with Gasteiger partial charge in [0, 0.05) is 25.4 Å². The lowest BCUT2D eigenvalue weighted by Gasteiger charge is -2.26. The standard InChI is InChI=1S/C16H20N2O4/c1-11(2)18(10-9-16(20)21)15(19)8-7-14-17-12-5-3-4-6-13(12)22-14/h3-6,11H,7-10H2,1-2H3,(H,20,21). The number of rotatable bonds is 7. The Balaban J connectivity index is 1.96. The zero-order valence-electron chi connectivity index (χ0n) is 12.8. The van der Waals surface area contributed by atoms with E-state index in [0.717, 1.165) is 5.52 Å². The summed E-state index contributed by atoms with van der Waals surface area (Å²) in [5.74, 6) is -0.465. The van der Waals surface area contributed by atoms with E-state index in [9.17, 15) is 9.59 Å². The number of hydrogen-bond donors (Lipinski definition) is 1. The van der Waals surface area contributed by atoms with Gasteiger partial charge >= 0.3 is 5.97 Å². The zero-order valence-corrected chi connectivity index (χ0v) is 12.8. The van der Waals surface area contributed by atoms with Crippen LogP contribution in [-0.2, 0) is 16.0 Å². The fourth-order valence-electron chi connectivity index (χ4n) is 2.27. The lowest BCUT2D eigenvalue weighted by atomic mass is 10.2. The van der Waals surface area contributed by atoms with Gasteiger partial charge < -0.3 is 14.4 Å². The van der Waals surface area contributed by atoms with Gasteiger partial charge in [0.15, 0.2) is 11.5 Å². The molecule has 1 aromatic heterocycles. The summed E-state index contributed by atoms with van der Waals surface area (Å²) in [6.45, 7) is 3.97. The number of hydrogen-bond acceptors (Lipinski definition) is 4. The van der Waals surface area contributed by atoms with Gasteiger partial charge in [-0.15, -0.1) is 0 Å². The van der Waals surface area contributed by atoms with E-state index in [-0.39, 0.29) is 31.3 Å². The Hall–Kier alpha value is -2.37. The van der Waals surface area contributed by atoms with E-state index in [2.05, 4.69) is 4.98 Å². The van der Waals surface area contributed by atoms with Crippen LogP contribution in [0.2, 0.25) is 0 Å². The molecule has 2 rings (SSSR count). The molecule has 1 amide bonds. The summed E-state index contributed by atoms with van der Waals surface area (Å²) in [4.78, 5) is 28.8. The molecule has 0 saturated carbocycles.